The molecule has 2 rings (SSSR count). The predicted octanol–water partition coefficient (Wildman–Crippen LogP) is 0.0151. The van der Waals surface area contributed by atoms with Gasteiger partial charge in [-0.3, -0.25) is 4.79 Å². The summed E-state index contributed by atoms with van der Waals surface area (Å²) in [6, 6.07) is 3.66. The molecule has 1 saturated heterocycles. The molecule has 0 atom stereocenters. The minimum absolute atomic E-state index is 0.00327. The molecule has 104 valence electrons. The van der Waals surface area contributed by atoms with Gasteiger partial charge < -0.3 is 19.9 Å². The zero-order valence-corrected chi connectivity index (χ0v) is 11.2. The number of morpholine rings is 1. The molecule has 0 aliphatic carbocycles. The second kappa shape index (κ2) is 6.38. The van der Waals surface area contributed by atoms with Crippen LogP contribution in [0.2, 0.25) is 0 Å². The maximum Gasteiger partial charge on any atom is 0.255 e. The molecule has 0 amide bonds. The molecular weight excluding hydrogens is 244 g/mol. The van der Waals surface area contributed by atoms with Crippen molar-refractivity contribution in [2.24, 2.45) is 10.7 Å². The molecule has 2 N–H and O–H groups in total. The molecule has 0 aromatic carbocycles. The van der Waals surface area contributed by atoms with Crippen LogP contribution in [0.5, 0.6) is 0 Å². The van der Waals surface area contributed by atoms with Crippen LogP contribution in [-0.2, 0) is 17.8 Å². The first-order valence-electron chi connectivity index (χ1n) is 6.53. The number of pyridine rings is 1. The zero-order chi connectivity index (χ0) is 13.7. The van der Waals surface area contributed by atoms with Gasteiger partial charge in [0.25, 0.3) is 5.56 Å². The normalized spacial score (nSPS) is 16.7. The Morgan fingerprint density at radius 1 is 1.47 bits per heavy atom. The number of rotatable bonds is 3. The highest BCUT2D eigenvalue weighted by atomic mass is 16.5. The smallest absolute Gasteiger partial charge is 0.255 e. The molecule has 2 heterocycles. The topological polar surface area (TPSA) is 72.8 Å². The van der Waals surface area contributed by atoms with E-state index in [-0.39, 0.29) is 5.56 Å². The van der Waals surface area contributed by atoms with Crippen molar-refractivity contribution in [2.45, 2.75) is 20.0 Å². The van der Waals surface area contributed by atoms with E-state index in [9.17, 15) is 4.79 Å². The second-order valence-electron chi connectivity index (χ2n) is 4.40. The van der Waals surface area contributed by atoms with E-state index in [2.05, 4.69) is 4.99 Å². The van der Waals surface area contributed by atoms with Gasteiger partial charge in [-0.15, -0.1) is 0 Å². The number of aromatic nitrogens is 1. The van der Waals surface area contributed by atoms with E-state index in [1.54, 1.807) is 16.8 Å². The maximum absolute atomic E-state index is 12.0. The summed E-state index contributed by atoms with van der Waals surface area (Å²) >= 11 is 0. The van der Waals surface area contributed by atoms with Crippen molar-refractivity contribution in [1.82, 2.24) is 9.47 Å². The number of ether oxygens (including phenoxy) is 1. The van der Waals surface area contributed by atoms with Crippen molar-refractivity contribution in [1.29, 1.82) is 0 Å². The third kappa shape index (κ3) is 3.35. The van der Waals surface area contributed by atoms with Crippen LogP contribution in [0.15, 0.2) is 28.1 Å². The van der Waals surface area contributed by atoms with E-state index in [4.69, 9.17) is 10.5 Å². The first kappa shape index (κ1) is 13.6. The number of nitrogens with zero attached hydrogens (tertiary/aromatic N) is 3. The fourth-order valence-electron chi connectivity index (χ4n) is 2.01. The van der Waals surface area contributed by atoms with Crippen LogP contribution in [0.25, 0.3) is 0 Å². The Labute approximate surface area is 112 Å². The lowest BCUT2D eigenvalue weighted by Crippen LogP contribution is -2.44. The lowest BCUT2D eigenvalue weighted by Gasteiger charge is -2.27. The highest BCUT2D eigenvalue weighted by Gasteiger charge is 2.12. The molecule has 19 heavy (non-hydrogen) atoms. The Kier molecular flexibility index (Phi) is 4.57. The number of hydrogen-bond donors (Lipinski definition) is 1. The fraction of sp³-hybridized carbons (Fsp3) is 0.538. The minimum Gasteiger partial charge on any atom is -0.378 e. The molecule has 0 spiro atoms. The SMILES string of the molecule is CCn1cccc(CN=C(N)N2CCOCC2)c1=O. The number of hydrogen-bond acceptors (Lipinski definition) is 3. The monoisotopic (exact) mass is 264 g/mol. The molecule has 1 aromatic heterocycles. The van der Waals surface area contributed by atoms with Crippen LogP contribution in [0.4, 0.5) is 0 Å². The minimum atomic E-state index is 0.00327. The molecule has 6 heteroatoms. The molecule has 1 aromatic rings. The molecular formula is C13H20N4O2. The van der Waals surface area contributed by atoms with E-state index in [1.807, 2.05) is 17.9 Å². The maximum atomic E-state index is 12.0. The van der Waals surface area contributed by atoms with Gasteiger partial charge in [0.15, 0.2) is 5.96 Å². The van der Waals surface area contributed by atoms with Crippen LogP contribution in [0.1, 0.15) is 12.5 Å². The summed E-state index contributed by atoms with van der Waals surface area (Å²) in [5, 5.41) is 0. The number of nitrogens with two attached hydrogens (primary N) is 1. The number of aliphatic imine (C=N–C) groups is 1. The van der Waals surface area contributed by atoms with Crippen LogP contribution in [-0.4, -0.2) is 41.7 Å². The van der Waals surface area contributed by atoms with Crippen molar-refractivity contribution in [3.8, 4) is 0 Å². The van der Waals surface area contributed by atoms with Crippen molar-refractivity contribution in [2.75, 3.05) is 26.3 Å². The molecule has 6 nitrogen and oxygen atoms in total. The van der Waals surface area contributed by atoms with E-state index in [0.29, 0.717) is 37.8 Å². The highest BCUT2D eigenvalue weighted by molar-refractivity contribution is 5.78. The first-order chi connectivity index (χ1) is 9.22. The van der Waals surface area contributed by atoms with Crippen molar-refractivity contribution >= 4 is 5.96 Å². The first-order valence-corrected chi connectivity index (χ1v) is 6.53. The Morgan fingerprint density at radius 2 is 2.21 bits per heavy atom. The largest absolute Gasteiger partial charge is 0.378 e. The third-order valence-corrected chi connectivity index (χ3v) is 3.19. The van der Waals surface area contributed by atoms with Crippen LogP contribution >= 0.6 is 0 Å². The summed E-state index contributed by atoms with van der Waals surface area (Å²) in [4.78, 5) is 18.3. The van der Waals surface area contributed by atoms with Gasteiger partial charge in [0.1, 0.15) is 0 Å². The van der Waals surface area contributed by atoms with Gasteiger partial charge >= 0.3 is 0 Å². The summed E-state index contributed by atoms with van der Waals surface area (Å²) in [6.07, 6.45) is 1.78. The Hall–Kier alpha value is -1.82. The van der Waals surface area contributed by atoms with Crippen molar-refractivity contribution in [3.63, 3.8) is 0 Å². The summed E-state index contributed by atoms with van der Waals surface area (Å²) in [5.41, 5.74) is 6.60. The highest BCUT2D eigenvalue weighted by Crippen LogP contribution is 1.99. The van der Waals surface area contributed by atoms with Gasteiger partial charge in [-0.25, -0.2) is 4.99 Å². The van der Waals surface area contributed by atoms with E-state index in [0.717, 1.165) is 13.1 Å². The molecule has 0 radical (unpaired) electrons. The van der Waals surface area contributed by atoms with Gasteiger partial charge in [0, 0.05) is 31.4 Å². The molecule has 0 saturated carbocycles. The van der Waals surface area contributed by atoms with E-state index < -0.39 is 0 Å². The molecule has 1 aliphatic rings. The van der Waals surface area contributed by atoms with Gasteiger partial charge in [0.05, 0.1) is 19.8 Å². The quantitative estimate of drug-likeness (QED) is 0.617. The Balaban J connectivity index is 2.07. The van der Waals surface area contributed by atoms with E-state index in [1.165, 1.54) is 0 Å². The second-order valence-corrected chi connectivity index (χ2v) is 4.40. The standard InChI is InChI=1S/C13H20N4O2/c1-2-16-5-3-4-11(12(16)18)10-15-13(14)17-6-8-19-9-7-17/h3-5H,2,6-10H2,1H3,(H2,14,15). The summed E-state index contributed by atoms with van der Waals surface area (Å²) in [6.45, 7) is 5.77. The van der Waals surface area contributed by atoms with Gasteiger partial charge in [0.2, 0.25) is 0 Å². The van der Waals surface area contributed by atoms with Crippen molar-refractivity contribution in [3.05, 3.63) is 34.2 Å². The molecule has 0 bridgehead atoms. The van der Waals surface area contributed by atoms with E-state index >= 15 is 0 Å². The lowest BCUT2D eigenvalue weighted by molar-refractivity contribution is 0.0674. The summed E-state index contributed by atoms with van der Waals surface area (Å²) < 4.78 is 6.92. The third-order valence-electron chi connectivity index (χ3n) is 3.19. The molecule has 0 unspecified atom stereocenters. The predicted molar refractivity (Wildman–Crippen MR) is 74.1 cm³/mol. The number of guanidine groups is 1. The zero-order valence-electron chi connectivity index (χ0n) is 11.2. The molecule has 1 aliphatic heterocycles. The van der Waals surface area contributed by atoms with Gasteiger partial charge in [-0.05, 0) is 13.0 Å². The van der Waals surface area contributed by atoms with Crippen LogP contribution in [0.3, 0.4) is 0 Å². The van der Waals surface area contributed by atoms with Gasteiger partial charge in [-0.1, -0.05) is 6.07 Å². The van der Waals surface area contributed by atoms with Crippen molar-refractivity contribution < 1.29 is 4.74 Å². The number of aryl methyl sites for hydroxylation is 1. The fourth-order valence-corrected chi connectivity index (χ4v) is 2.01. The average Bonchev–Trinajstić information content (AvgIpc) is 2.47. The summed E-state index contributed by atoms with van der Waals surface area (Å²) in [5.74, 6) is 0.481. The van der Waals surface area contributed by atoms with Crippen LogP contribution < -0.4 is 11.3 Å². The van der Waals surface area contributed by atoms with Crippen LogP contribution in [0, 0.1) is 0 Å². The Bertz CT molecular complexity index is 504. The summed E-state index contributed by atoms with van der Waals surface area (Å²) in [7, 11) is 0. The Morgan fingerprint density at radius 3 is 2.89 bits per heavy atom. The lowest BCUT2D eigenvalue weighted by atomic mass is 10.3. The van der Waals surface area contributed by atoms with Gasteiger partial charge in [-0.2, -0.15) is 0 Å². The average molecular weight is 264 g/mol. The molecule has 1 fully saturated rings.